The fourth-order valence-electron chi connectivity index (χ4n) is 7.85. The summed E-state index contributed by atoms with van der Waals surface area (Å²) in [4.78, 5) is 27.5. The van der Waals surface area contributed by atoms with Gasteiger partial charge in [0.2, 0.25) is 0 Å². The fourth-order valence-corrected chi connectivity index (χ4v) is 7.85. The van der Waals surface area contributed by atoms with Gasteiger partial charge in [-0.25, -0.2) is 9.59 Å². The summed E-state index contributed by atoms with van der Waals surface area (Å²) in [5.74, 6) is -0.659. The Balaban J connectivity index is 1.44. The summed E-state index contributed by atoms with van der Waals surface area (Å²) in [5.41, 5.74) is 12.5. The summed E-state index contributed by atoms with van der Waals surface area (Å²) < 4.78 is 13.0. The van der Waals surface area contributed by atoms with Gasteiger partial charge in [0, 0.05) is 30.1 Å². The first kappa shape index (κ1) is 31.8. The molecule has 3 aromatic rings. The number of rotatable bonds is 11. The molecule has 0 heterocycles. The molecule has 7 atom stereocenters. The highest BCUT2D eigenvalue weighted by Crippen LogP contribution is 2.63. The minimum absolute atomic E-state index is 0.0479. The molecule has 1 fully saturated rings. The van der Waals surface area contributed by atoms with Gasteiger partial charge in [-0.15, -0.1) is 0 Å². The van der Waals surface area contributed by atoms with E-state index in [0.29, 0.717) is 17.5 Å². The van der Waals surface area contributed by atoms with Gasteiger partial charge in [0.1, 0.15) is 12.2 Å². The van der Waals surface area contributed by atoms with E-state index in [-0.39, 0.29) is 29.7 Å². The fraction of sp³-hybridized carbons (Fsp3) is 0.400. The average Bonchev–Trinajstić information content (AvgIpc) is 3.06. The zero-order valence-corrected chi connectivity index (χ0v) is 26.9. The number of esters is 2. The molecule has 1 saturated carbocycles. The van der Waals surface area contributed by atoms with E-state index in [0.717, 1.165) is 49.9 Å². The second kappa shape index (κ2) is 14.5. The van der Waals surface area contributed by atoms with Crippen molar-refractivity contribution < 1.29 is 19.1 Å². The number of nitrogens with two attached hydrogens (primary N) is 1. The first-order chi connectivity index (χ1) is 22.5. The number of hydrogen-bond donors (Lipinski definition) is 2. The van der Waals surface area contributed by atoms with E-state index in [9.17, 15) is 9.59 Å². The van der Waals surface area contributed by atoms with Crippen LogP contribution >= 0.6 is 0 Å². The van der Waals surface area contributed by atoms with Crippen LogP contribution in [0.3, 0.4) is 0 Å². The zero-order valence-electron chi connectivity index (χ0n) is 26.9. The van der Waals surface area contributed by atoms with Crippen LogP contribution in [0.15, 0.2) is 103 Å². The number of nitrogens with one attached hydrogen (secondary N) is 1. The van der Waals surface area contributed by atoms with Gasteiger partial charge in [0.05, 0.1) is 11.1 Å². The van der Waals surface area contributed by atoms with Crippen LogP contribution in [0.25, 0.3) is 0 Å². The molecule has 3 aromatic carbocycles. The van der Waals surface area contributed by atoms with Gasteiger partial charge in [-0.05, 0) is 84.6 Å². The van der Waals surface area contributed by atoms with Crippen LogP contribution < -0.4 is 11.1 Å². The molecule has 0 radical (unpaired) electrons. The zero-order chi connectivity index (χ0) is 32.0. The number of benzene rings is 3. The van der Waals surface area contributed by atoms with Crippen LogP contribution in [0.2, 0.25) is 0 Å². The topological polar surface area (TPSA) is 90.6 Å². The molecule has 240 valence electrons. The molecule has 0 saturated heterocycles. The van der Waals surface area contributed by atoms with Crippen molar-refractivity contribution in [3.63, 3.8) is 0 Å². The molecule has 0 aliphatic heterocycles. The minimum Gasteiger partial charge on any atom is -0.454 e. The van der Waals surface area contributed by atoms with Gasteiger partial charge in [0.25, 0.3) is 0 Å². The number of allylic oxidation sites excluding steroid dienone is 3. The molecule has 5 unspecified atom stereocenters. The van der Waals surface area contributed by atoms with Crippen LogP contribution in [0, 0.1) is 11.8 Å². The van der Waals surface area contributed by atoms with Crippen molar-refractivity contribution in [1.29, 1.82) is 0 Å². The molecular weight excluding hydrogens is 572 g/mol. The van der Waals surface area contributed by atoms with Crippen LogP contribution in [0.5, 0.6) is 0 Å². The molecule has 0 spiro atoms. The van der Waals surface area contributed by atoms with Gasteiger partial charge in [0.15, 0.2) is 0 Å². The van der Waals surface area contributed by atoms with Crippen molar-refractivity contribution in [1.82, 2.24) is 5.32 Å². The molecular formula is C40H46N2O4. The summed E-state index contributed by atoms with van der Waals surface area (Å²) >= 11 is 0. The standard InChI is InChI=1S/C40H46N2O4/c1-3-5-25-42-28-19-12-20-30-29(24-23-28)34-32-22-13-21-31(33(41)14-4-2)35(32)36(34)38(46-40(44)27-17-10-7-11-18-27)37(30)45-39(43)26-15-8-6-9-16-26/h6-13,15-19,21-23,29-30,33-34,36-38,42H,3-5,14,20,24-25,41H2,1-2H3/b19-12-,28-23-/t29-,30?,33?,34+,36?,37?,38?/m0/s1. The highest BCUT2D eigenvalue weighted by atomic mass is 16.6. The lowest BCUT2D eigenvalue weighted by Crippen LogP contribution is -2.57. The lowest BCUT2D eigenvalue weighted by atomic mass is 9.50. The average molecular weight is 619 g/mol. The molecule has 6 heteroatoms. The maximum absolute atomic E-state index is 13.8. The summed E-state index contributed by atoms with van der Waals surface area (Å²) in [6.07, 6.45) is 11.0. The third kappa shape index (κ3) is 6.41. The third-order valence-electron chi connectivity index (χ3n) is 10.0. The lowest BCUT2D eigenvalue weighted by Gasteiger charge is -2.57. The quantitative estimate of drug-likeness (QED) is 0.167. The Kier molecular flexibility index (Phi) is 10.0. The second-order valence-electron chi connectivity index (χ2n) is 12.9. The Labute approximate surface area is 273 Å². The van der Waals surface area contributed by atoms with Crippen molar-refractivity contribution in [3.8, 4) is 0 Å². The number of fused-ring (bicyclic) bond motifs is 6. The van der Waals surface area contributed by atoms with Gasteiger partial charge in [-0.3, -0.25) is 0 Å². The van der Waals surface area contributed by atoms with E-state index in [4.69, 9.17) is 15.2 Å². The Morgan fingerprint density at radius 3 is 2.13 bits per heavy atom. The maximum Gasteiger partial charge on any atom is 0.338 e. The van der Waals surface area contributed by atoms with Crippen molar-refractivity contribution in [3.05, 3.63) is 131 Å². The molecule has 46 heavy (non-hydrogen) atoms. The lowest BCUT2D eigenvalue weighted by molar-refractivity contribution is -0.112. The molecule has 0 aromatic heterocycles. The SMILES string of the molecule is CCCCNC1=C\C[C@H]2C(C/C=C\1)C(OC(=O)c1ccccc1)C(OC(=O)c1ccccc1)C1c3c(C(N)CCC)cccc3[C@H]12. The van der Waals surface area contributed by atoms with Gasteiger partial charge < -0.3 is 20.5 Å². The molecule has 6 rings (SSSR count). The Bertz CT molecular complexity index is 1570. The molecule has 0 bridgehead atoms. The van der Waals surface area contributed by atoms with Crippen LogP contribution in [0.1, 0.15) is 108 Å². The first-order valence-corrected chi connectivity index (χ1v) is 17.0. The summed E-state index contributed by atoms with van der Waals surface area (Å²) in [6, 6.07) is 24.5. The van der Waals surface area contributed by atoms with Crippen molar-refractivity contribution in [2.24, 2.45) is 17.6 Å². The molecule has 3 aliphatic carbocycles. The molecule has 3 aliphatic rings. The first-order valence-electron chi connectivity index (χ1n) is 17.0. The largest absolute Gasteiger partial charge is 0.454 e. The molecule has 0 amide bonds. The highest BCUT2D eigenvalue weighted by molar-refractivity contribution is 5.90. The summed E-state index contributed by atoms with van der Waals surface area (Å²) in [7, 11) is 0. The van der Waals surface area contributed by atoms with Gasteiger partial charge in [-0.1, -0.05) is 93.4 Å². The van der Waals surface area contributed by atoms with E-state index in [1.807, 2.05) is 36.4 Å². The summed E-state index contributed by atoms with van der Waals surface area (Å²) in [5, 5.41) is 3.61. The smallest absolute Gasteiger partial charge is 0.338 e. The number of hydrogen-bond acceptors (Lipinski definition) is 6. The van der Waals surface area contributed by atoms with Crippen LogP contribution in [-0.2, 0) is 9.47 Å². The van der Waals surface area contributed by atoms with Crippen molar-refractivity contribution >= 4 is 11.9 Å². The Morgan fingerprint density at radius 1 is 0.804 bits per heavy atom. The van der Waals surface area contributed by atoms with Crippen molar-refractivity contribution in [2.75, 3.05) is 6.54 Å². The van der Waals surface area contributed by atoms with E-state index in [1.165, 1.54) is 11.1 Å². The van der Waals surface area contributed by atoms with Crippen LogP contribution in [0.4, 0.5) is 0 Å². The molecule has 6 nitrogen and oxygen atoms in total. The maximum atomic E-state index is 13.8. The highest BCUT2D eigenvalue weighted by Gasteiger charge is 2.60. The third-order valence-corrected chi connectivity index (χ3v) is 10.0. The van der Waals surface area contributed by atoms with Gasteiger partial charge >= 0.3 is 11.9 Å². The number of unbranched alkanes of at least 4 members (excludes halogenated alkanes) is 1. The predicted octanol–water partition coefficient (Wildman–Crippen LogP) is 7.99. The monoisotopic (exact) mass is 618 g/mol. The van der Waals surface area contributed by atoms with E-state index in [1.54, 1.807) is 24.3 Å². The predicted molar refractivity (Wildman–Crippen MR) is 181 cm³/mol. The number of carbonyl (C=O) groups excluding carboxylic acids is 2. The van der Waals surface area contributed by atoms with E-state index < -0.39 is 24.1 Å². The number of carbonyl (C=O) groups is 2. The van der Waals surface area contributed by atoms with Crippen molar-refractivity contribution in [2.45, 2.75) is 82.5 Å². The van der Waals surface area contributed by atoms with E-state index >= 15 is 0 Å². The second-order valence-corrected chi connectivity index (χ2v) is 12.9. The van der Waals surface area contributed by atoms with E-state index in [2.05, 4.69) is 55.6 Å². The van der Waals surface area contributed by atoms with Gasteiger partial charge in [-0.2, -0.15) is 0 Å². The Hall–Kier alpha value is -4.16. The Morgan fingerprint density at radius 2 is 1.48 bits per heavy atom. The molecule has 3 N–H and O–H groups in total. The minimum atomic E-state index is -0.659. The normalized spacial score (nSPS) is 27.1. The van der Waals surface area contributed by atoms with Crippen LogP contribution in [-0.4, -0.2) is 30.7 Å². The summed E-state index contributed by atoms with van der Waals surface area (Å²) in [6.45, 7) is 5.28. The number of ether oxygens (including phenoxy) is 2.